The zero-order valence-electron chi connectivity index (χ0n) is 14.4. The number of hydrogen-bond donors (Lipinski definition) is 0. The number of hydrogen-bond acceptors (Lipinski definition) is 4. The van der Waals surface area contributed by atoms with Crippen molar-refractivity contribution in [1.29, 1.82) is 0 Å². The van der Waals surface area contributed by atoms with Crippen molar-refractivity contribution in [2.45, 2.75) is 6.42 Å². The zero-order valence-corrected chi connectivity index (χ0v) is 15.2. The lowest BCUT2D eigenvalue weighted by molar-refractivity contribution is -0.122. The Kier molecular flexibility index (Phi) is 5.73. The average Bonchev–Trinajstić information content (AvgIpc) is 3.14. The van der Waals surface area contributed by atoms with E-state index in [9.17, 15) is 4.79 Å². The Balaban J connectivity index is 1.89. The minimum atomic E-state index is -0.00279. The van der Waals surface area contributed by atoms with Gasteiger partial charge in [0.15, 0.2) is 5.17 Å². The summed E-state index contributed by atoms with van der Waals surface area (Å²) < 4.78 is 7.10. The van der Waals surface area contributed by atoms with Crippen LogP contribution in [0, 0.1) is 0 Å². The number of aryl methyl sites for hydroxylation is 1. The second kappa shape index (κ2) is 8.18. The SMILES string of the molecule is COCCCN1C(=O)/C(=C/c2cccn2C)SC1=Nc1ccccc1. The third-order valence-electron chi connectivity index (χ3n) is 3.86. The van der Waals surface area contributed by atoms with E-state index in [0.29, 0.717) is 23.2 Å². The third-order valence-corrected chi connectivity index (χ3v) is 4.87. The number of amidine groups is 1. The summed E-state index contributed by atoms with van der Waals surface area (Å²) >= 11 is 1.42. The molecule has 1 aliphatic rings. The molecule has 0 radical (unpaired) electrons. The van der Waals surface area contributed by atoms with Crippen LogP contribution >= 0.6 is 11.8 Å². The normalized spacial score (nSPS) is 17.8. The van der Waals surface area contributed by atoms with Crippen molar-refractivity contribution in [3.05, 3.63) is 59.3 Å². The zero-order chi connectivity index (χ0) is 17.6. The van der Waals surface area contributed by atoms with Crippen LogP contribution in [0.3, 0.4) is 0 Å². The fourth-order valence-corrected chi connectivity index (χ4v) is 3.54. The lowest BCUT2D eigenvalue weighted by Crippen LogP contribution is -2.30. The third kappa shape index (κ3) is 4.21. The van der Waals surface area contributed by atoms with E-state index in [-0.39, 0.29) is 5.91 Å². The molecule has 0 unspecified atom stereocenters. The number of ether oxygens (including phenoxy) is 1. The van der Waals surface area contributed by atoms with Crippen LogP contribution in [0.25, 0.3) is 6.08 Å². The Labute approximate surface area is 152 Å². The monoisotopic (exact) mass is 355 g/mol. The molecule has 3 rings (SSSR count). The Morgan fingerprint density at radius 1 is 1.20 bits per heavy atom. The maximum absolute atomic E-state index is 12.8. The highest BCUT2D eigenvalue weighted by atomic mass is 32.2. The number of carbonyl (C=O) groups is 1. The van der Waals surface area contributed by atoms with Crippen molar-refractivity contribution in [1.82, 2.24) is 9.47 Å². The van der Waals surface area contributed by atoms with Crippen molar-refractivity contribution < 1.29 is 9.53 Å². The van der Waals surface area contributed by atoms with Crippen molar-refractivity contribution in [3.63, 3.8) is 0 Å². The molecule has 0 N–H and O–H groups in total. The van der Waals surface area contributed by atoms with Crippen LogP contribution in [-0.4, -0.2) is 40.8 Å². The minimum absolute atomic E-state index is 0.00279. The van der Waals surface area contributed by atoms with Crippen LogP contribution in [0.2, 0.25) is 0 Å². The molecule has 1 aromatic heterocycles. The standard InChI is InChI=1S/C19H21N3O2S/c1-21-11-6-10-16(21)14-17-18(23)22(12-7-13-24-2)19(25-17)20-15-8-4-3-5-9-15/h3-6,8-11,14H,7,12-13H2,1-2H3/b17-14-,20-19?. The fraction of sp³-hybridized carbons (Fsp3) is 0.263. The summed E-state index contributed by atoms with van der Waals surface area (Å²) in [6, 6.07) is 13.7. The number of para-hydroxylation sites is 1. The van der Waals surface area contributed by atoms with Crippen molar-refractivity contribution >= 4 is 34.6 Å². The van der Waals surface area contributed by atoms with Gasteiger partial charge in [-0.05, 0) is 48.5 Å². The van der Waals surface area contributed by atoms with Crippen LogP contribution in [-0.2, 0) is 16.6 Å². The number of nitrogens with zero attached hydrogens (tertiary/aromatic N) is 3. The lowest BCUT2D eigenvalue weighted by Gasteiger charge is -2.15. The highest BCUT2D eigenvalue weighted by molar-refractivity contribution is 8.18. The fourth-order valence-electron chi connectivity index (χ4n) is 2.53. The molecule has 0 saturated carbocycles. The average molecular weight is 355 g/mol. The molecule has 5 nitrogen and oxygen atoms in total. The van der Waals surface area contributed by atoms with E-state index in [4.69, 9.17) is 4.74 Å². The lowest BCUT2D eigenvalue weighted by atomic mass is 10.3. The number of benzene rings is 1. The summed E-state index contributed by atoms with van der Waals surface area (Å²) in [6.45, 7) is 1.21. The second-order valence-electron chi connectivity index (χ2n) is 5.69. The van der Waals surface area contributed by atoms with E-state index in [0.717, 1.165) is 17.8 Å². The highest BCUT2D eigenvalue weighted by Gasteiger charge is 2.33. The van der Waals surface area contributed by atoms with Crippen molar-refractivity contribution in [3.8, 4) is 0 Å². The Morgan fingerprint density at radius 2 is 2.00 bits per heavy atom. The molecular weight excluding hydrogens is 334 g/mol. The second-order valence-corrected chi connectivity index (χ2v) is 6.70. The number of aromatic nitrogens is 1. The van der Waals surface area contributed by atoms with E-state index in [2.05, 4.69) is 4.99 Å². The quantitative estimate of drug-likeness (QED) is 0.587. The first-order valence-electron chi connectivity index (χ1n) is 8.14. The van der Waals surface area contributed by atoms with Gasteiger partial charge in [0.2, 0.25) is 0 Å². The molecule has 0 aliphatic carbocycles. The van der Waals surface area contributed by atoms with Gasteiger partial charge in [0.25, 0.3) is 5.91 Å². The first-order valence-corrected chi connectivity index (χ1v) is 8.96. The van der Waals surface area contributed by atoms with Crippen LogP contribution in [0.15, 0.2) is 58.6 Å². The maximum atomic E-state index is 12.8. The van der Waals surface area contributed by atoms with Gasteiger partial charge in [-0.25, -0.2) is 4.99 Å². The molecule has 1 amide bonds. The molecule has 1 fully saturated rings. The van der Waals surface area contributed by atoms with Gasteiger partial charge in [-0.1, -0.05) is 18.2 Å². The number of carbonyl (C=O) groups excluding carboxylic acids is 1. The molecule has 2 aromatic rings. The van der Waals surface area contributed by atoms with E-state index in [1.807, 2.05) is 66.4 Å². The van der Waals surface area contributed by atoms with E-state index in [1.54, 1.807) is 12.0 Å². The molecule has 25 heavy (non-hydrogen) atoms. The summed E-state index contributed by atoms with van der Waals surface area (Å²) in [7, 11) is 3.63. The molecular formula is C19H21N3O2S. The van der Waals surface area contributed by atoms with Gasteiger partial charge in [0.1, 0.15) is 0 Å². The Morgan fingerprint density at radius 3 is 2.68 bits per heavy atom. The van der Waals surface area contributed by atoms with Crippen LogP contribution < -0.4 is 0 Å². The summed E-state index contributed by atoms with van der Waals surface area (Å²) in [5, 5.41) is 0.716. The molecule has 0 atom stereocenters. The molecule has 130 valence electrons. The van der Waals surface area contributed by atoms with E-state index < -0.39 is 0 Å². The van der Waals surface area contributed by atoms with Gasteiger partial charge in [-0.2, -0.15) is 0 Å². The summed E-state index contributed by atoms with van der Waals surface area (Å²) in [4.78, 5) is 19.9. The number of thioether (sulfide) groups is 1. The summed E-state index contributed by atoms with van der Waals surface area (Å²) in [6.07, 6.45) is 4.66. The van der Waals surface area contributed by atoms with Gasteiger partial charge in [0, 0.05) is 39.2 Å². The summed E-state index contributed by atoms with van der Waals surface area (Å²) in [5.41, 5.74) is 1.84. The molecule has 2 heterocycles. The molecule has 0 spiro atoms. The smallest absolute Gasteiger partial charge is 0.266 e. The number of amides is 1. The van der Waals surface area contributed by atoms with Gasteiger partial charge in [0.05, 0.1) is 10.6 Å². The Bertz CT molecular complexity index is 796. The van der Waals surface area contributed by atoms with Crippen molar-refractivity contribution in [2.75, 3.05) is 20.3 Å². The van der Waals surface area contributed by atoms with Gasteiger partial charge in [-0.15, -0.1) is 0 Å². The molecule has 0 bridgehead atoms. The number of methoxy groups -OCH3 is 1. The Hall–Kier alpha value is -2.31. The van der Waals surface area contributed by atoms with Gasteiger partial charge < -0.3 is 9.30 Å². The predicted molar refractivity (Wildman–Crippen MR) is 103 cm³/mol. The topological polar surface area (TPSA) is 46.8 Å². The van der Waals surface area contributed by atoms with Crippen LogP contribution in [0.4, 0.5) is 5.69 Å². The molecule has 1 aliphatic heterocycles. The van der Waals surface area contributed by atoms with Gasteiger partial charge in [-0.3, -0.25) is 9.69 Å². The first kappa shape index (κ1) is 17.5. The molecule has 6 heteroatoms. The highest BCUT2D eigenvalue weighted by Crippen LogP contribution is 2.34. The number of rotatable bonds is 6. The molecule has 1 aromatic carbocycles. The van der Waals surface area contributed by atoms with Crippen LogP contribution in [0.5, 0.6) is 0 Å². The van der Waals surface area contributed by atoms with Crippen LogP contribution in [0.1, 0.15) is 12.1 Å². The largest absolute Gasteiger partial charge is 0.385 e. The minimum Gasteiger partial charge on any atom is -0.385 e. The van der Waals surface area contributed by atoms with E-state index >= 15 is 0 Å². The maximum Gasteiger partial charge on any atom is 0.266 e. The first-order chi connectivity index (χ1) is 12.2. The predicted octanol–water partition coefficient (Wildman–Crippen LogP) is 3.67. The number of aliphatic imine (C=N–C) groups is 1. The van der Waals surface area contributed by atoms with Crippen molar-refractivity contribution in [2.24, 2.45) is 12.0 Å². The van der Waals surface area contributed by atoms with E-state index in [1.165, 1.54) is 11.8 Å². The van der Waals surface area contributed by atoms with Gasteiger partial charge >= 0.3 is 0 Å². The summed E-state index contributed by atoms with van der Waals surface area (Å²) in [5.74, 6) is -0.00279. The molecule has 1 saturated heterocycles.